The number of nitrogens with zero attached hydrogens (tertiary/aromatic N) is 2. The molecule has 0 unspecified atom stereocenters. The highest BCUT2D eigenvalue weighted by molar-refractivity contribution is 9.10. The molecule has 20 heavy (non-hydrogen) atoms. The number of hydrogen-bond donors (Lipinski definition) is 0. The average Bonchev–Trinajstić information content (AvgIpc) is 2.86. The highest BCUT2D eigenvalue weighted by atomic mass is 79.9. The molecule has 3 aromatic rings. The lowest BCUT2D eigenvalue weighted by atomic mass is 10.2. The summed E-state index contributed by atoms with van der Waals surface area (Å²) >= 11 is 3.34. The van der Waals surface area contributed by atoms with Gasteiger partial charge in [-0.25, -0.2) is 0 Å². The van der Waals surface area contributed by atoms with E-state index in [0.29, 0.717) is 11.1 Å². The van der Waals surface area contributed by atoms with Crippen LogP contribution < -0.4 is 0 Å². The largest absolute Gasteiger partial charge is 0.282 e. The van der Waals surface area contributed by atoms with E-state index in [-0.39, 0.29) is 5.91 Å². The summed E-state index contributed by atoms with van der Waals surface area (Å²) in [5.74, 6) is -0.143. The van der Waals surface area contributed by atoms with Crippen molar-refractivity contribution in [3.63, 3.8) is 0 Å². The van der Waals surface area contributed by atoms with Crippen LogP contribution in [0.5, 0.6) is 0 Å². The van der Waals surface area contributed by atoms with Gasteiger partial charge in [-0.15, -0.1) is 0 Å². The number of hydrogen-bond acceptors (Lipinski definition) is 2. The molecule has 0 spiro atoms. The molecule has 3 rings (SSSR count). The predicted molar refractivity (Wildman–Crippen MR) is 80.5 cm³/mol. The van der Waals surface area contributed by atoms with Gasteiger partial charge in [0.05, 0.1) is 11.1 Å². The third-order valence-electron chi connectivity index (χ3n) is 3.14. The third kappa shape index (κ3) is 2.02. The molecule has 0 aliphatic heterocycles. The Morgan fingerprint density at radius 3 is 2.50 bits per heavy atom. The van der Waals surface area contributed by atoms with Gasteiger partial charge in [0.15, 0.2) is 0 Å². The average molecular weight is 325 g/mol. The number of rotatable bonds is 1. The van der Waals surface area contributed by atoms with Crippen LogP contribution in [-0.4, -0.2) is 10.5 Å². The molecule has 0 radical (unpaired) electrons. The second-order valence-corrected chi connectivity index (χ2v) is 5.27. The van der Waals surface area contributed by atoms with Gasteiger partial charge < -0.3 is 0 Å². The van der Waals surface area contributed by atoms with E-state index >= 15 is 0 Å². The van der Waals surface area contributed by atoms with Crippen LogP contribution in [0.4, 0.5) is 0 Å². The minimum absolute atomic E-state index is 0.143. The van der Waals surface area contributed by atoms with Crippen molar-refractivity contribution in [1.29, 1.82) is 5.26 Å². The van der Waals surface area contributed by atoms with Gasteiger partial charge in [0.2, 0.25) is 0 Å². The van der Waals surface area contributed by atoms with Crippen LogP contribution in [0.25, 0.3) is 10.9 Å². The number of para-hydroxylation sites is 1. The van der Waals surface area contributed by atoms with E-state index < -0.39 is 0 Å². The van der Waals surface area contributed by atoms with Crippen molar-refractivity contribution in [3.8, 4) is 6.07 Å². The minimum Gasteiger partial charge on any atom is -0.282 e. The van der Waals surface area contributed by atoms with Gasteiger partial charge in [-0.3, -0.25) is 9.36 Å². The summed E-state index contributed by atoms with van der Waals surface area (Å²) in [6, 6.07) is 16.7. The Bertz CT molecular complexity index is 841. The summed E-state index contributed by atoms with van der Waals surface area (Å²) in [5.41, 5.74) is 1.83. The molecular formula is C16H9BrN2O. The van der Waals surface area contributed by atoms with Gasteiger partial charge >= 0.3 is 0 Å². The van der Waals surface area contributed by atoms with E-state index in [1.807, 2.05) is 36.4 Å². The minimum atomic E-state index is -0.143. The fourth-order valence-corrected chi connectivity index (χ4v) is 2.43. The molecule has 0 saturated carbocycles. The number of benzene rings is 2. The van der Waals surface area contributed by atoms with E-state index in [2.05, 4.69) is 22.0 Å². The molecule has 0 atom stereocenters. The van der Waals surface area contributed by atoms with Crippen LogP contribution >= 0.6 is 15.9 Å². The molecule has 2 aromatic carbocycles. The summed E-state index contributed by atoms with van der Waals surface area (Å²) < 4.78 is 2.45. The summed E-state index contributed by atoms with van der Waals surface area (Å²) in [4.78, 5) is 12.5. The maximum Gasteiger partial charge on any atom is 0.262 e. The first-order valence-electron chi connectivity index (χ1n) is 6.01. The van der Waals surface area contributed by atoms with Gasteiger partial charge in [-0.05, 0) is 30.3 Å². The van der Waals surface area contributed by atoms with Gasteiger partial charge in [0, 0.05) is 21.6 Å². The molecule has 1 heterocycles. The SMILES string of the molecule is N#Cc1cn(C(=O)c2ccc(Br)cc2)c2ccccc12. The van der Waals surface area contributed by atoms with E-state index in [9.17, 15) is 4.79 Å². The fourth-order valence-electron chi connectivity index (χ4n) is 2.17. The standard InChI is InChI=1S/C16H9BrN2O/c17-13-7-5-11(6-8-13)16(20)19-10-12(9-18)14-3-1-2-4-15(14)19/h1-8,10H. The monoisotopic (exact) mass is 324 g/mol. The van der Waals surface area contributed by atoms with E-state index in [0.717, 1.165) is 15.4 Å². The first kappa shape index (κ1) is 12.6. The normalized spacial score (nSPS) is 10.4. The number of fused-ring (bicyclic) bond motifs is 1. The number of halogens is 1. The zero-order valence-corrected chi connectivity index (χ0v) is 12.0. The van der Waals surface area contributed by atoms with Gasteiger partial charge in [0.25, 0.3) is 5.91 Å². The lowest BCUT2D eigenvalue weighted by molar-refractivity contribution is 0.0965. The third-order valence-corrected chi connectivity index (χ3v) is 3.67. The van der Waals surface area contributed by atoms with Crippen LogP contribution in [-0.2, 0) is 0 Å². The van der Waals surface area contributed by atoms with E-state index in [1.165, 1.54) is 4.57 Å². The van der Waals surface area contributed by atoms with Crippen molar-refractivity contribution in [1.82, 2.24) is 4.57 Å². The van der Waals surface area contributed by atoms with Crippen molar-refractivity contribution in [2.75, 3.05) is 0 Å². The van der Waals surface area contributed by atoms with Crippen LogP contribution in [0, 0.1) is 11.3 Å². The maximum absolute atomic E-state index is 12.5. The first-order chi connectivity index (χ1) is 9.70. The highest BCUT2D eigenvalue weighted by Crippen LogP contribution is 2.22. The zero-order valence-electron chi connectivity index (χ0n) is 10.4. The topological polar surface area (TPSA) is 45.8 Å². The number of aromatic nitrogens is 1. The van der Waals surface area contributed by atoms with Crippen molar-refractivity contribution < 1.29 is 4.79 Å². The molecular weight excluding hydrogens is 316 g/mol. The summed E-state index contributed by atoms with van der Waals surface area (Å²) in [6.45, 7) is 0. The van der Waals surface area contributed by atoms with Crippen LogP contribution in [0.3, 0.4) is 0 Å². The number of nitriles is 1. The lowest BCUT2D eigenvalue weighted by Crippen LogP contribution is -2.10. The molecule has 1 aromatic heterocycles. The Morgan fingerprint density at radius 1 is 1.10 bits per heavy atom. The van der Waals surface area contributed by atoms with Crippen molar-refractivity contribution in [3.05, 3.63) is 70.3 Å². The number of carbonyl (C=O) groups is 1. The fraction of sp³-hybridized carbons (Fsp3) is 0. The Kier molecular flexibility index (Phi) is 3.13. The Balaban J connectivity index is 2.17. The molecule has 3 nitrogen and oxygen atoms in total. The lowest BCUT2D eigenvalue weighted by Gasteiger charge is -2.04. The summed E-state index contributed by atoms with van der Waals surface area (Å²) in [6.07, 6.45) is 1.59. The molecule has 0 aliphatic rings. The Labute approximate surface area is 124 Å². The maximum atomic E-state index is 12.5. The molecule has 0 N–H and O–H groups in total. The quantitative estimate of drug-likeness (QED) is 0.680. The first-order valence-corrected chi connectivity index (χ1v) is 6.80. The second kappa shape index (κ2) is 4.95. The molecule has 0 fully saturated rings. The highest BCUT2D eigenvalue weighted by Gasteiger charge is 2.14. The zero-order chi connectivity index (χ0) is 14.1. The summed E-state index contributed by atoms with van der Waals surface area (Å²) in [7, 11) is 0. The van der Waals surface area contributed by atoms with E-state index in [1.54, 1.807) is 18.3 Å². The molecule has 0 bridgehead atoms. The summed E-state index contributed by atoms with van der Waals surface area (Å²) in [5, 5.41) is 9.95. The Morgan fingerprint density at radius 2 is 1.80 bits per heavy atom. The van der Waals surface area contributed by atoms with Gasteiger partial charge in [-0.1, -0.05) is 34.1 Å². The molecule has 96 valence electrons. The van der Waals surface area contributed by atoms with E-state index in [4.69, 9.17) is 5.26 Å². The molecule has 0 saturated heterocycles. The smallest absolute Gasteiger partial charge is 0.262 e. The molecule has 0 amide bonds. The van der Waals surface area contributed by atoms with Crippen molar-refractivity contribution >= 4 is 32.7 Å². The second-order valence-electron chi connectivity index (χ2n) is 4.35. The van der Waals surface area contributed by atoms with Gasteiger partial charge in [-0.2, -0.15) is 5.26 Å². The van der Waals surface area contributed by atoms with Gasteiger partial charge in [0.1, 0.15) is 6.07 Å². The van der Waals surface area contributed by atoms with Crippen molar-refractivity contribution in [2.45, 2.75) is 0 Å². The van der Waals surface area contributed by atoms with Crippen LogP contribution in [0.15, 0.2) is 59.2 Å². The van der Waals surface area contributed by atoms with Crippen molar-refractivity contribution in [2.24, 2.45) is 0 Å². The number of carbonyl (C=O) groups excluding carboxylic acids is 1. The predicted octanol–water partition coefficient (Wildman–Crippen LogP) is 3.96. The van der Waals surface area contributed by atoms with Crippen LogP contribution in [0.1, 0.15) is 15.9 Å². The Hall–Kier alpha value is -2.38. The van der Waals surface area contributed by atoms with Crippen LogP contribution in [0.2, 0.25) is 0 Å². The molecule has 0 aliphatic carbocycles. The molecule has 4 heteroatoms.